The molecular formula is C19H18FN5O3S2. The van der Waals surface area contributed by atoms with E-state index in [9.17, 15) is 17.6 Å². The first-order valence-electron chi connectivity index (χ1n) is 9.16. The topological polar surface area (TPSA) is 107 Å². The van der Waals surface area contributed by atoms with Gasteiger partial charge in [0, 0.05) is 29.7 Å². The number of thioether (sulfide) groups is 1. The molecule has 0 bridgehead atoms. The predicted octanol–water partition coefficient (Wildman–Crippen LogP) is 1.86. The quantitative estimate of drug-likeness (QED) is 0.575. The summed E-state index contributed by atoms with van der Waals surface area (Å²) in [7, 11) is -3.07. The van der Waals surface area contributed by atoms with Gasteiger partial charge in [-0.1, -0.05) is 11.8 Å². The van der Waals surface area contributed by atoms with Crippen molar-refractivity contribution in [3.8, 4) is 17.1 Å². The number of pyridine rings is 1. The van der Waals surface area contributed by atoms with Crippen molar-refractivity contribution in [3.05, 3.63) is 54.6 Å². The number of hydrogen-bond acceptors (Lipinski definition) is 7. The lowest BCUT2D eigenvalue weighted by Gasteiger charge is -2.12. The Labute approximate surface area is 176 Å². The van der Waals surface area contributed by atoms with Crippen LogP contribution in [0.1, 0.15) is 6.42 Å². The van der Waals surface area contributed by atoms with Gasteiger partial charge in [0.2, 0.25) is 5.91 Å². The Balaban J connectivity index is 1.55. The van der Waals surface area contributed by atoms with Crippen molar-refractivity contribution in [1.29, 1.82) is 0 Å². The lowest BCUT2D eigenvalue weighted by molar-refractivity contribution is -0.119. The van der Waals surface area contributed by atoms with Gasteiger partial charge in [-0.25, -0.2) is 12.8 Å². The fourth-order valence-electron chi connectivity index (χ4n) is 3.18. The third kappa shape index (κ3) is 4.68. The van der Waals surface area contributed by atoms with Gasteiger partial charge in [-0.2, -0.15) is 0 Å². The highest BCUT2D eigenvalue weighted by molar-refractivity contribution is 7.99. The van der Waals surface area contributed by atoms with E-state index in [1.54, 1.807) is 41.2 Å². The zero-order valence-corrected chi connectivity index (χ0v) is 17.4. The molecule has 1 aliphatic rings. The monoisotopic (exact) mass is 447 g/mol. The molecule has 1 unspecified atom stereocenters. The van der Waals surface area contributed by atoms with E-state index >= 15 is 0 Å². The number of halogens is 1. The lowest BCUT2D eigenvalue weighted by atomic mass is 10.2. The van der Waals surface area contributed by atoms with E-state index in [1.807, 2.05) is 0 Å². The summed E-state index contributed by atoms with van der Waals surface area (Å²) in [6, 6.07) is 9.11. The molecular weight excluding hydrogens is 429 g/mol. The second-order valence-corrected chi connectivity index (χ2v) is 9.98. The van der Waals surface area contributed by atoms with Crippen molar-refractivity contribution in [2.45, 2.75) is 17.6 Å². The normalized spacial score (nSPS) is 17.7. The second kappa shape index (κ2) is 8.52. The molecule has 30 heavy (non-hydrogen) atoms. The number of aromatic nitrogens is 4. The van der Waals surface area contributed by atoms with Crippen LogP contribution < -0.4 is 5.32 Å². The molecule has 0 radical (unpaired) electrons. The van der Waals surface area contributed by atoms with E-state index in [0.717, 1.165) is 5.56 Å². The smallest absolute Gasteiger partial charge is 0.230 e. The van der Waals surface area contributed by atoms with Gasteiger partial charge in [0.25, 0.3) is 0 Å². The second-order valence-electron chi connectivity index (χ2n) is 6.81. The summed E-state index contributed by atoms with van der Waals surface area (Å²) >= 11 is 1.17. The average Bonchev–Trinajstić information content (AvgIpc) is 3.30. The number of hydrogen-bond donors (Lipinski definition) is 1. The number of nitrogens with one attached hydrogen (secondary N) is 1. The molecule has 1 saturated heterocycles. The highest BCUT2D eigenvalue weighted by atomic mass is 32.2. The summed E-state index contributed by atoms with van der Waals surface area (Å²) in [5.41, 5.74) is 1.42. The van der Waals surface area contributed by atoms with Gasteiger partial charge in [0.05, 0.1) is 17.3 Å². The molecule has 2 aromatic heterocycles. The van der Waals surface area contributed by atoms with Crippen LogP contribution in [0.15, 0.2) is 53.9 Å². The maximum Gasteiger partial charge on any atom is 0.230 e. The molecule has 4 rings (SSSR count). The van der Waals surface area contributed by atoms with Crippen LogP contribution in [0.3, 0.4) is 0 Å². The highest BCUT2D eigenvalue weighted by Gasteiger charge is 2.29. The molecule has 1 aliphatic heterocycles. The summed E-state index contributed by atoms with van der Waals surface area (Å²) in [6.07, 6.45) is 3.69. The largest absolute Gasteiger partial charge is 0.352 e. The zero-order chi connectivity index (χ0) is 21.1. The molecule has 1 amide bonds. The molecule has 3 aromatic rings. The fraction of sp³-hybridized carbons (Fsp3) is 0.263. The van der Waals surface area contributed by atoms with Crippen molar-refractivity contribution in [1.82, 2.24) is 25.1 Å². The lowest BCUT2D eigenvalue weighted by Crippen LogP contribution is -2.36. The van der Waals surface area contributed by atoms with Gasteiger partial charge >= 0.3 is 0 Å². The van der Waals surface area contributed by atoms with Crippen LogP contribution in [0, 0.1) is 5.82 Å². The Hall–Kier alpha value is -2.79. The third-order valence-electron chi connectivity index (χ3n) is 4.59. The average molecular weight is 448 g/mol. The summed E-state index contributed by atoms with van der Waals surface area (Å²) in [5.74, 6) is 0.0137. The first-order chi connectivity index (χ1) is 14.4. The fourth-order valence-corrected chi connectivity index (χ4v) is 5.62. The number of sulfone groups is 1. The van der Waals surface area contributed by atoms with Crippen molar-refractivity contribution >= 4 is 27.5 Å². The maximum absolute atomic E-state index is 13.4. The van der Waals surface area contributed by atoms with Gasteiger partial charge in [0.1, 0.15) is 5.82 Å². The van der Waals surface area contributed by atoms with Crippen LogP contribution in [0.2, 0.25) is 0 Å². The predicted molar refractivity (Wildman–Crippen MR) is 110 cm³/mol. The van der Waals surface area contributed by atoms with Gasteiger partial charge < -0.3 is 5.32 Å². The van der Waals surface area contributed by atoms with Crippen molar-refractivity contribution in [3.63, 3.8) is 0 Å². The van der Waals surface area contributed by atoms with Crippen LogP contribution in [0.4, 0.5) is 4.39 Å². The van der Waals surface area contributed by atoms with Crippen LogP contribution in [0.5, 0.6) is 0 Å². The van der Waals surface area contributed by atoms with E-state index in [0.29, 0.717) is 23.1 Å². The molecule has 8 nitrogen and oxygen atoms in total. The molecule has 1 fully saturated rings. The number of rotatable bonds is 6. The first kappa shape index (κ1) is 20.5. The Bertz CT molecular complexity index is 1150. The first-order valence-corrected chi connectivity index (χ1v) is 12.0. The van der Waals surface area contributed by atoms with Crippen LogP contribution in [-0.4, -0.2) is 57.4 Å². The Morgan fingerprint density at radius 1 is 1.17 bits per heavy atom. The van der Waals surface area contributed by atoms with Gasteiger partial charge in [0.15, 0.2) is 20.8 Å². The molecule has 1 atom stereocenters. The summed E-state index contributed by atoms with van der Waals surface area (Å²) in [6.45, 7) is 0. The van der Waals surface area contributed by atoms with Gasteiger partial charge in [-0.05, 0) is 42.8 Å². The van der Waals surface area contributed by atoms with Crippen LogP contribution in [0.25, 0.3) is 17.1 Å². The number of nitrogens with zero attached hydrogens (tertiary/aromatic N) is 4. The number of benzene rings is 1. The summed E-state index contributed by atoms with van der Waals surface area (Å²) in [5, 5.41) is 11.7. The molecule has 11 heteroatoms. The minimum atomic E-state index is -3.07. The van der Waals surface area contributed by atoms with Crippen LogP contribution >= 0.6 is 11.8 Å². The molecule has 1 aromatic carbocycles. The number of amides is 1. The highest BCUT2D eigenvalue weighted by Crippen LogP contribution is 2.27. The number of carbonyl (C=O) groups is 1. The molecule has 0 saturated carbocycles. The molecule has 3 heterocycles. The summed E-state index contributed by atoms with van der Waals surface area (Å²) in [4.78, 5) is 16.3. The van der Waals surface area contributed by atoms with Gasteiger partial charge in [-0.3, -0.25) is 14.3 Å². The van der Waals surface area contributed by atoms with Crippen molar-refractivity contribution in [2.75, 3.05) is 17.3 Å². The van der Waals surface area contributed by atoms with E-state index in [4.69, 9.17) is 0 Å². The number of carbonyl (C=O) groups excluding carboxylic acids is 1. The molecule has 0 spiro atoms. The van der Waals surface area contributed by atoms with E-state index in [-0.39, 0.29) is 35.0 Å². The maximum atomic E-state index is 13.4. The van der Waals surface area contributed by atoms with Gasteiger partial charge in [-0.15, -0.1) is 10.2 Å². The third-order valence-corrected chi connectivity index (χ3v) is 7.28. The van der Waals surface area contributed by atoms with Crippen molar-refractivity contribution in [2.24, 2.45) is 0 Å². The minimum absolute atomic E-state index is 0.0264. The Morgan fingerprint density at radius 2 is 1.90 bits per heavy atom. The summed E-state index contributed by atoms with van der Waals surface area (Å²) < 4.78 is 38.3. The van der Waals surface area contributed by atoms with E-state index in [2.05, 4.69) is 20.5 Å². The van der Waals surface area contributed by atoms with E-state index in [1.165, 1.54) is 23.9 Å². The SMILES string of the molecule is O=C(CSc1nnc(-c2ccncc2)n1-c1ccc(F)cc1)NC1CCS(=O)(=O)C1. The van der Waals surface area contributed by atoms with Crippen molar-refractivity contribution < 1.29 is 17.6 Å². The van der Waals surface area contributed by atoms with E-state index < -0.39 is 9.84 Å². The molecule has 1 N–H and O–H groups in total. The standard InChI is InChI=1S/C19H18FN5O3S2/c20-14-1-3-16(4-2-14)25-18(13-5-8-21-9-6-13)23-24-19(25)29-11-17(26)22-15-7-10-30(27,28)12-15/h1-6,8-9,15H,7,10-12H2,(H,22,26). The Kier molecular flexibility index (Phi) is 5.82. The minimum Gasteiger partial charge on any atom is -0.352 e. The van der Waals surface area contributed by atoms with Crippen LogP contribution in [-0.2, 0) is 14.6 Å². The Morgan fingerprint density at radius 3 is 2.57 bits per heavy atom. The molecule has 156 valence electrons. The molecule has 0 aliphatic carbocycles. The zero-order valence-electron chi connectivity index (χ0n) is 15.7.